The standard InChI is InChI=1S/C13H19FN2/c1-9(8-15)5-12-7-10-6-11(14)3-4-13(10)16(12)2/h3-4,6,9,12H,5,7-8,15H2,1-2H3. The molecule has 1 aliphatic heterocycles. The number of benzene rings is 1. The number of nitrogens with two attached hydrogens (primary N) is 1. The maximum atomic E-state index is 13.1. The van der Waals surface area contributed by atoms with Gasteiger partial charge in [-0.3, -0.25) is 0 Å². The first-order valence-electron chi connectivity index (χ1n) is 5.83. The summed E-state index contributed by atoms with van der Waals surface area (Å²) >= 11 is 0. The average Bonchev–Trinajstić information content (AvgIpc) is 2.55. The molecule has 0 fully saturated rings. The Morgan fingerprint density at radius 2 is 2.31 bits per heavy atom. The van der Waals surface area contributed by atoms with Crippen molar-refractivity contribution >= 4 is 5.69 Å². The summed E-state index contributed by atoms with van der Waals surface area (Å²) < 4.78 is 13.1. The van der Waals surface area contributed by atoms with E-state index in [0.29, 0.717) is 12.0 Å². The van der Waals surface area contributed by atoms with Gasteiger partial charge in [-0.05, 0) is 49.1 Å². The van der Waals surface area contributed by atoms with Crippen molar-refractivity contribution in [1.29, 1.82) is 0 Å². The zero-order chi connectivity index (χ0) is 11.7. The fourth-order valence-electron chi connectivity index (χ4n) is 2.45. The highest BCUT2D eigenvalue weighted by molar-refractivity contribution is 5.58. The topological polar surface area (TPSA) is 29.3 Å². The zero-order valence-electron chi connectivity index (χ0n) is 9.91. The van der Waals surface area contributed by atoms with E-state index in [0.717, 1.165) is 30.6 Å². The molecule has 1 aromatic carbocycles. The molecule has 2 N–H and O–H groups in total. The van der Waals surface area contributed by atoms with Gasteiger partial charge in [-0.25, -0.2) is 4.39 Å². The first-order chi connectivity index (χ1) is 7.61. The predicted octanol–water partition coefficient (Wildman–Crippen LogP) is 2.17. The summed E-state index contributed by atoms with van der Waals surface area (Å²) in [7, 11) is 2.08. The fraction of sp³-hybridized carbons (Fsp3) is 0.538. The van der Waals surface area contributed by atoms with Crippen molar-refractivity contribution in [3.8, 4) is 0 Å². The molecular weight excluding hydrogens is 203 g/mol. The van der Waals surface area contributed by atoms with Gasteiger partial charge in [0, 0.05) is 18.8 Å². The van der Waals surface area contributed by atoms with Crippen molar-refractivity contribution < 1.29 is 4.39 Å². The maximum Gasteiger partial charge on any atom is 0.123 e. The second-order valence-corrected chi connectivity index (χ2v) is 4.82. The van der Waals surface area contributed by atoms with E-state index in [9.17, 15) is 4.39 Å². The highest BCUT2D eigenvalue weighted by atomic mass is 19.1. The Morgan fingerprint density at radius 1 is 1.56 bits per heavy atom. The molecule has 0 spiro atoms. The van der Waals surface area contributed by atoms with Gasteiger partial charge >= 0.3 is 0 Å². The molecule has 3 heteroatoms. The van der Waals surface area contributed by atoms with E-state index in [2.05, 4.69) is 18.9 Å². The molecule has 0 saturated heterocycles. The number of hydrogen-bond acceptors (Lipinski definition) is 2. The third-order valence-corrected chi connectivity index (χ3v) is 3.50. The third-order valence-electron chi connectivity index (χ3n) is 3.50. The van der Waals surface area contributed by atoms with E-state index in [1.165, 1.54) is 6.07 Å². The number of anilines is 1. The molecular formula is C13H19FN2. The van der Waals surface area contributed by atoms with Crippen molar-refractivity contribution in [2.45, 2.75) is 25.8 Å². The average molecular weight is 222 g/mol. The van der Waals surface area contributed by atoms with Crippen molar-refractivity contribution in [2.24, 2.45) is 11.7 Å². The number of hydrogen-bond donors (Lipinski definition) is 1. The summed E-state index contributed by atoms with van der Waals surface area (Å²) in [4.78, 5) is 2.25. The SMILES string of the molecule is CC(CN)CC1Cc2cc(F)ccc2N1C. The van der Waals surface area contributed by atoms with Crippen molar-refractivity contribution in [2.75, 3.05) is 18.5 Å². The molecule has 1 aliphatic rings. The molecule has 0 saturated carbocycles. The smallest absolute Gasteiger partial charge is 0.123 e. The molecule has 0 aromatic heterocycles. The van der Waals surface area contributed by atoms with E-state index in [1.807, 2.05) is 6.07 Å². The van der Waals surface area contributed by atoms with Crippen molar-refractivity contribution in [3.63, 3.8) is 0 Å². The summed E-state index contributed by atoms with van der Waals surface area (Å²) in [6.45, 7) is 2.88. The van der Waals surface area contributed by atoms with Crippen LogP contribution in [-0.4, -0.2) is 19.6 Å². The largest absolute Gasteiger partial charge is 0.371 e. The summed E-state index contributed by atoms with van der Waals surface area (Å²) in [6, 6.07) is 5.52. The minimum Gasteiger partial charge on any atom is -0.371 e. The molecule has 2 atom stereocenters. The summed E-state index contributed by atoms with van der Waals surface area (Å²) in [6.07, 6.45) is 2.01. The van der Waals surface area contributed by atoms with E-state index in [4.69, 9.17) is 5.73 Å². The second kappa shape index (κ2) is 4.42. The van der Waals surface area contributed by atoms with E-state index < -0.39 is 0 Å². The van der Waals surface area contributed by atoms with Gasteiger partial charge < -0.3 is 10.6 Å². The van der Waals surface area contributed by atoms with Crippen LogP contribution in [0.5, 0.6) is 0 Å². The van der Waals surface area contributed by atoms with Crippen LogP contribution < -0.4 is 10.6 Å². The highest BCUT2D eigenvalue weighted by Crippen LogP contribution is 2.33. The van der Waals surface area contributed by atoms with Gasteiger partial charge in [0.1, 0.15) is 5.82 Å². The lowest BCUT2D eigenvalue weighted by Crippen LogP contribution is -2.31. The first kappa shape index (κ1) is 11.4. The predicted molar refractivity (Wildman–Crippen MR) is 65.1 cm³/mol. The lowest BCUT2D eigenvalue weighted by molar-refractivity contribution is 0.469. The molecule has 2 unspecified atom stereocenters. The number of rotatable bonds is 3. The summed E-state index contributed by atoms with van der Waals surface area (Å²) in [5, 5.41) is 0. The molecule has 16 heavy (non-hydrogen) atoms. The Balaban J connectivity index is 2.14. The Labute approximate surface area is 96.2 Å². The normalized spacial score (nSPS) is 21.0. The van der Waals surface area contributed by atoms with Crippen LogP contribution >= 0.6 is 0 Å². The first-order valence-corrected chi connectivity index (χ1v) is 5.83. The summed E-state index contributed by atoms with van der Waals surface area (Å²) in [5.41, 5.74) is 7.93. The van der Waals surface area contributed by atoms with Crippen LogP contribution in [0.2, 0.25) is 0 Å². The molecule has 2 rings (SSSR count). The number of likely N-dealkylation sites (N-methyl/N-ethyl adjacent to an activating group) is 1. The van der Waals surface area contributed by atoms with Crippen LogP contribution in [0.25, 0.3) is 0 Å². The minimum absolute atomic E-state index is 0.139. The Hall–Kier alpha value is -1.09. The third kappa shape index (κ3) is 2.05. The van der Waals surface area contributed by atoms with Crippen LogP contribution in [0.4, 0.5) is 10.1 Å². The van der Waals surface area contributed by atoms with Gasteiger partial charge in [-0.2, -0.15) is 0 Å². The molecule has 88 valence electrons. The summed E-state index contributed by atoms with van der Waals surface area (Å²) in [5.74, 6) is 0.381. The molecule has 0 amide bonds. The number of nitrogens with zero attached hydrogens (tertiary/aromatic N) is 1. The Morgan fingerprint density at radius 3 is 3.00 bits per heavy atom. The van der Waals surface area contributed by atoms with Gasteiger partial charge in [0.15, 0.2) is 0 Å². The molecule has 1 heterocycles. The molecule has 1 aromatic rings. The monoisotopic (exact) mass is 222 g/mol. The Kier molecular flexibility index (Phi) is 3.15. The molecule has 2 nitrogen and oxygen atoms in total. The van der Waals surface area contributed by atoms with Crippen LogP contribution in [0.1, 0.15) is 18.9 Å². The fourth-order valence-corrected chi connectivity index (χ4v) is 2.45. The van der Waals surface area contributed by atoms with E-state index >= 15 is 0 Å². The Bertz CT molecular complexity index is 378. The number of fused-ring (bicyclic) bond motifs is 1. The van der Waals surface area contributed by atoms with Crippen molar-refractivity contribution in [1.82, 2.24) is 0 Å². The van der Waals surface area contributed by atoms with Crippen LogP contribution in [0.3, 0.4) is 0 Å². The van der Waals surface area contributed by atoms with Gasteiger partial charge in [-0.1, -0.05) is 6.92 Å². The quantitative estimate of drug-likeness (QED) is 0.849. The van der Waals surface area contributed by atoms with Gasteiger partial charge in [0.05, 0.1) is 0 Å². The molecule has 0 radical (unpaired) electrons. The van der Waals surface area contributed by atoms with E-state index in [1.54, 1.807) is 6.07 Å². The number of halogens is 1. The van der Waals surface area contributed by atoms with Crippen LogP contribution in [0, 0.1) is 11.7 Å². The van der Waals surface area contributed by atoms with Gasteiger partial charge in [0.2, 0.25) is 0 Å². The van der Waals surface area contributed by atoms with Crippen LogP contribution in [0.15, 0.2) is 18.2 Å². The molecule has 0 bridgehead atoms. The highest BCUT2D eigenvalue weighted by Gasteiger charge is 2.27. The lowest BCUT2D eigenvalue weighted by atomic mass is 9.99. The van der Waals surface area contributed by atoms with Crippen LogP contribution in [-0.2, 0) is 6.42 Å². The van der Waals surface area contributed by atoms with Crippen molar-refractivity contribution in [3.05, 3.63) is 29.6 Å². The zero-order valence-corrected chi connectivity index (χ0v) is 9.91. The minimum atomic E-state index is -0.139. The lowest BCUT2D eigenvalue weighted by Gasteiger charge is -2.24. The maximum absolute atomic E-state index is 13.1. The van der Waals surface area contributed by atoms with Gasteiger partial charge in [-0.15, -0.1) is 0 Å². The van der Waals surface area contributed by atoms with E-state index in [-0.39, 0.29) is 5.82 Å². The second-order valence-electron chi connectivity index (χ2n) is 4.82. The van der Waals surface area contributed by atoms with Gasteiger partial charge in [0.25, 0.3) is 0 Å². The molecule has 0 aliphatic carbocycles.